The molecule has 2 aromatic rings. The zero-order valence-electron chi connectivity index (χ0n) is 6.00. The molecular formula is C7H5N3OS. The van der Waals surface area contributed by atoms with Gasteiger partial charge in [-0.25, -0.2) is 9.78 Å². The van der Waals surface area contributed by atoms with E-state index in [0.717, 1.165) is 5.39 Å². The monoisotopic (exact) mass is 179 g/mol. The number of rotatable bonds is 0. The van der Waals surface area contributed by atoms with Crippen LogP contribution in [-0.4, -0.2) is 15.0 Å². The van der Waals surface area contributed by atoms with Crippen LogP contribution in [0.4, 0.5) is 0 Å². The lowest BCUT2D eigenvalue weighted by atomic mass is 10.3. The summed E-state index contributed by atoms with van der Waals surface area (Å²) in [6.07, 6.45) is 1.50. The second-order valence-electron chi connectivity index (χ2n) is 2.34. The van der Waals surface area contributed by atoms with E-state index in [9.17, 15) is 4.79 Å². The molecule has 12 heavy (non-hydrogen) atoms. The van der Waals surface area contributed by atoms with Crippen molar-refractivity contribution in [3.63, 3.8) is 0 Å². The van der Waals surface area contributed by atoms with Crippen molar-refractivity contribution >= 4 is 23.3 Å². The lowest BCUT2D eigenvalue weighted by Gasteiger charge is -1.93. The van der Waals surface area contributed by atoms with Gasteiger partial charge in [0.25, 0.3) is 0 Å². The standard InChI is InChI=1S/C7H5N3OS/c11-7-8-3-4-1-2-5(12)9-6(4)10-7/h1-3H,(H2,8,9,10,11,12). The van der Waals surface area contributed by atoms with E-state index in [2.05, 4.69) is 15.0 Å². The van der Waals surface area contributed by atoms with E-state index in [1.54, 1.807) is 12.1 Å². The van der Waals surface area contributed by atoms with Crippen LogP contribution in [0.3, 0.4) is 0 Å². The largest absolute Gasteiger partial charge is 0.346 e. The van der Waals surface area contributed by atoms with Gasteiger partial charge in [-0.15, -0.1) is 0 Å². The smallest absolute Gasteiger partial charge is 0.332 e. The molecule has 0 bridgehead atoms. The van der Waals surface area contributed by atoms with Gasteiger partial charge >= 0.3 is 5.69 Å². The summed E-state index contributed by atoms with van der Waals surface area (Å²) in [6, 6.07) is 3.55. The highest BCUT2D eigenvalue weighted by molar-refractivity contribution is 7.71. The summed E-state index contributed by atoms with van der Waals surface area (Å²) in [5.41, 5.74) is 0.238. The molecule has 0 aromatic carbocycles. The molecule has 0 atom stereocenters. The Bertz CT molecular complexity index is 483. The zero-order chi connectivity index (χ0) is 8.55. The molecule has 2 rings (SSSR count). The summed E-state index contributed by atoms with van der Waals surface area (Å²) in [4.78, 5) is 19.7. The van der Waals surface area contributed by atoms with Crippen LogP contribution in [0.15, 0.2) is 23.1 Å². The minimum absolute atomic E-state index is 0.376. The Kier molecular flexibility index (Phi) is 1.51. The first kappa shape index (κ1) is 7.17. The predicted octanol–water partition coefficient (Wildman–Crippen LogP) is 0.981. The van der Waals surface area contributed by atoms with Gasteiger partial charge in [-0.3, -0.25) is 4.98 Å². The van der Waals surface area contributed by atoms with Gasteiger partial charge in [0.2, 0.25) is 0 Å². The molecule has 0 aliphatic heterocycles. The Balaban J connectivity index is 2.98. The number of aromatic nitrogens is 3. The van der Waals surface area contributed by atoms with Gasteiger partial charge in [0.15, 0.2) is 0 Å². The minimum Gasteiger partial charge on any atom is -0.332 e. The molecule has 60 valence electrons. The van der Waals surface area contributed by atoms with Crippen LogP contribution in [0.2, 0.25) is 0 Å². The molecule has 0 fully saturated rings. The zero-order valence-corrected chi connectivity index (χ0v) is 6.81. The molecular weight excluding hydrogens is 174 g/mol. The first-order valence-corrected chi connectivity index (χ1v) is 3.75. The van der Waals surface area contributed by atoms with Crippen LogP contribution in [-0.2, 0) is 0 Å². The summed E-state index contributed by atoms with van der Waals surface area (Å²) in [5.74, 6) is 0. The Morgan fingerprint density at radius 2 is 2.17 bits per heavy atom. The molecule has 0 unspecified atom stereocenters. The van der Waals surface area contributed by atoms with E-state index in [4.69, 9.17) is 12.2 Å². The average molecular weight is 179 g/mol. The lowest BCUT2D eigenvalue weighted by Crippen LogP contribution is -2.09. The molecule has 2 heterocycles. The fraction of sp³-hybridized carbons (Fsp3) is 0. The maximum Gasteiger partial charge on any atom is 0.346 e. The third-order valence-electron chi connectivity index (χ3n) is 1.50. The van der Waals surface area contributed by atoms with E-state index in [1.807, 2.05) is 0 Å². The van der Waals surface area contributed by atoms with Crippen molar-refractivity contribution in [2.75, 3.05) is 0 Å². The molecule has 2 N–H and O–H groups in total. The third kappa shape index (κ3) is 1.14. The first-order chi connectivity index (χ1) is 5.75. The Labute approximate surface area is 72.3 Å². The third-order valence-corrected chi connectivity index (χ3v) is 1.74. The number of aromatic amines is 2. The van der Waals surface area contributed by atoms with E-state index in [1.165, 1.54) is 6.20 Å². The van der Waals surface area contributed by atoms with Crippen molar-refractivity contribution in [2.24, 2.45) is 0 Å². The Morgan fingerprint density at radius 1 is 1.33 bits per heavy atom. The molecule has 0 aliphatic carbocycles. The van der Waals surface area contributed by atoms with Crippen molar-refractivity contribution in [3.05, 3.63) is 33.5 Å². The molecule has 0 amide bonds. The molecule has 0 saturated carbocycles. The van der Waals surface area contributed by atoms with Crippen LogP contribution in [0.5, 0.6) is 0 Å². The number of nitrogens with zero attached hydrogens (tertiary/aromatic N) is 1. The number of hydrogen-bond acceptors (Lipinski definition) is 3. The van der Waals surface area contributed by atoms with E-state index in [0.29, 0.717) is 10.3 Å². The second kappa shape index (κ2) is 2.53. The van der Waals surface area contributed by atoms with Gasteiger partial charge in [-0.2, -0.15) is 0 Å². The van der Waals surface area contributed by atoms with Crippen molar-refractivity contribution in [3.8, 4) is 0 Å². The van der Waals surface area contributed by atoms with Crippen LogP contribution < -0.4 is 5.69 Å². The van der Waals surface area contributed by atoms with E-state index in [-0.39, 0.29) is 5.69 Å². The molecule has 5 heteroatoms. The maximum absolute atomic E-state index is 10.8. The van der Waals surface area contributed by atoms with Gasteiger partial charge < -0.3 is 4.98 Å². The normalized spacial score (nSPS) is 10.3. The quantitative estimate of drug-likeness (QED) is 0.592. The fourth-order valence-electron chi connectivity index (χ4n) is 0.964. The van der Waals surface area contributed by atoms with Crippen molar-refractivity contribution in [1.29, 1.82) is 0 Å². The highest BCUT2D eigenvalue weighted by Gasteiger charge is 1.92. The lowest BCUT2D eigenvalue weighted by molar-refractivity contribution is 1.09. The van der Waals surface area contributed by atoms with Crippen LogP contribution in [0.25, 0.3) is 11.0 Å². The Morgan fingerprint density at radius 3 is 3.00 bits per heavy atom. The highest BCUT2D eigenvalue weighted by atomic mass is 32.1. The number of H-pyrrole nitrogens is 2. The van der Waals surface area contributed by atoms with E-state index >= 15 is 0 Å². The minimum atomic E-state index is -0.376. The first-order valence-electron chi connectivity index (χ1n) is 3.34. The van der Waals surface area contributed by atoms with Gasteiger partial charge in [0.05, 0.1) is 0 Å². The maximum atomic E-state index is 10.8. The summed E-state index contributed by atoms with van der Waals surface area (Å²) in [7, 11) is 0. The molecule has 0 aliphatic rings. The van der Waals surface area contributed by atoms with Gasteiger partial charge in [0, 0.05) is 11.6 Å². The Hall–Kier alpha value is -1.49. The van der Waals surface area contributed by atoms with E-state index < -0.39 is 0 Å². The molecule has 0 saturated heterocycles. The van der Waals surface area contributed by atoms with Crippen LogP contribution in [0.1, 0.15) is 0 Å². The highest BCUT2D eigenvalue weighted by Crippen LogP contribution is 2.03. The molecule has 0 spiro atoms. The number of hydrogen-bond donors (Lipinski definition) is 2. The van der Waals surface area contributed by atoms with Gasteiger partial charge in [0.1, 0.15) is 10.3 Å². The van der Waals surface area contributed by atoms with Crippen LogP contribution >= 0.6 is 12.2 Å². The summed E-state index contributed by atoms with van der Waals surface area (Å²) in [6.45, 7) is 0. The molecule has 0 radical (unpaired) electrons. The van der Waals surface area contributed by atoms with Crippen molar-refractivity contribution in [2.45, 2.75) is 0 Å². The predicted molar refractivity (Wildman–Crippen MR) is 47.5 cm³/mol. The summed E-state index contributed by atoms with van der Waals surface area (Å²) < 4.78 is 0.587. The molecule has 4 nitrogen and oxygen atoms in total. The summed E-state index contributed by atoms with van der Waals surface area (Å²) >= 11 is 4.88. The van der Waals surface area contributed by atoms with Crippen LogP contribution in [0, 0.1) is 4.64 Å². The summed E-state index contributed by atoms with van der Waals surface area (Å²) in [5, 5.41) is 0.836. The van der Waals surface area contributed by atoms with Crippen molar-refractivity contribution in [1.82, 2.24) is 15.0 Å². The van der Waals surface area contributed by atoms with Crippen molar-refractivity contribution < 1.29 is 0 Å². The SMILES string of the molecule is O=c1ncc2ccc(=S)[nH]c2[nH]1. The topological polar surface area (TPSA) is 61.5 Å². The molecule has 2 aromatic heterocycles. The number of nitrogens with one attached hydrogen (secondary N) is 2. The number of fused-ring (bicyclic) bond motifs is 1. The fourth-order valence-corrected chi connectivity index (χ4v) is 1.13. The van der Waals surface area contributed by atoms with Gasteiger partial charge in [-0.05, 0) is 12.1 Å². The second-order valence-corrected chi connectivity index (χ2v) is 2.78. The average Bonchev–Trinajstić information content (AvgIpc) is 2.03. The number of pyridine rings is 1. The van der Waals surface area contributed by atoms with Gasteiger partial charge in [-0.1, -0.05) is 12.2 Å².